The molecule has 3 aliphatic carbocycles. The fourth-order valence-electron chi connectivity index (χ4n) is 4.18. The van der Waals surface area contributed by atoms with E-state index in [0.29, 0.717) is 5.57 Å². The molecule has 2 atom stereocenters. The lowest BCUT2D eigenvalue weighted by Gasteiger charge is -2.40. The Bertz CT molecular complexity index is 736. The van der Waals surface area contributed by atoms with Crippen molar-refractivity contribution in [1.29, 1.82) is 0 Å². The van der Waals surface area contributed by atoms with Crippen molar-refractivity contribution in [2.45, 2.75) is 52.2 Å². The lowest BCUT2D eigenvalue weighted by Crippen LogP contribution is -2.51. The van der Waals surface area contributed by atoms with Gasteiger partial charge in [-0.25, -0.2) is 13.1 Å². The molecule has 0 bridgehead atoms. The van der Waals surface area contributed by atoms with E-state index >= 15 is 0 Å². The van der Waals surface area contributed by atoms with E-state index in [2.05, 4.69) is 4.72 Å². The number of hydrogen-bond donors (Lipinski definition) is 2. The molecule has 0 saturated heterocycles. The van der Waals surface area contributed by atoms with Gasteiger partial charge in [-0.2, -0.15) is 0 Å². The number of fused-ring (bicyclic) bond motifs is 1. The second-order valence-electron chi connectivity index (χ2n) is 7.72. The summed E-state index contributed by atoms with van der Waals surface area (Å²) in [6, 6.07) is -0.463. The maximum atomic E-state index is 12.8. The van der Waals surface area contributed by atoms with Crippen LogP contribution in [0.5, 0.6) is 0 Å². The molecule has 22 heavy (non-hydrogen) atoms. The summed E-state index contributed by atoms with van der Waals surface area (Å²) < 4.78 is 26.2. The summed E-state index contributed by atoms with van der Waals surface area (Å²) in [5, 5.41) is 10.8. The monoisotopic (exact) mass is 325 g/mol. The van der Waals surface area contributed by atoms with Crippen LogP contribution in [0.1, 0.15) is 40.5 Å². The average molecular weight is 325 g/mol. The highest BCUT2D eigenvalue weighted by atomic mass is 32.2. The fraction of sp³-hybridized carbons (Fsp3) is 0.688. The van der Waals surface area contributed by atoms with E-state index in [1.54, 1.807) is 13.0 Å². The largest absolute Gasteiger partial charge is 0.381 e. The maximum absolute atomic E-state index is 12.8. The first kappa shape index (κ1) is 15.9. The summed E-state index contributed by atoms with van der Waals surface area (Å²) in [6.45, 7) is 7.33. The zero-order chi connectivity index (χ0) is 16.7. The van der Waals surface area contributed by atoms with Crippen LogP contribution in [-0.2, 0) is 14.8 Å². The van der Waals surface area contributed by atoms with Crippen molar-refractivity contribution in [2.75, 3.05) is 6.26 Å². The van der Waals surface area contributed by atoms with Crippen LogP contribution >= 0.6 is 0 Å². The Hall–Kier alpha value is -0.980. The third-order valence-corrected chi connectivity index (χ3v) is 6.33. The van der Waals surface area contributed by atoms with Crippen molar-refractivity contribution < 1.29 is 18.3 Å². The summed E-state index contributed by atoms with van der Waals surface area (Å²) in [4.78, 5) is 12.8. The topological polar surface area (TPSA) is 83.5 Å². The molecule has 0 heterocycles. The smallest absolute Gasteiger partial charge is 0.209 e. The van der Waals surface area contributed by atoms with Gasteiger partial charge >= 0.3 is 0 Å². The number of nitrogens with one attached hydrogen (secondary N) is 1. The SMILES string of the molecule is CC1=C2C(=CC(C)(C)[C@H]2NS(C)(=O)=O)C(=O)C(C)(O)C12CC2. The number of hydrogen-bond acceptors (Lipinski definition) is 4. The molecule has 1 spiro atoms. The second kappa shape index (κ2) is 4.10. The van der Waals surface area contributed by atoms with E-state index in [-0.39, 0.29) is 5.78 Å². The van der Waals surface area contributed by atoms with Crippen molar-refractivity contribution in [2.24, 2.45) is 10.8 Å². The Morgan fingerprint density at radius 3 is 2.27 bits per heavy atom. The van der Waals surface area contributed by atoms with Crippen LogP contribution in [0.3, 0.4) is 0 Å². The van der Waals surface area contributed by atoms with Crippen molar-refractivity contribution in [3.8, 4) is 0 Å². The number of rotatable bonds is 2. The Morgan fingerprint density at radius 2 is 1.82 bits per heavy atom. The molecule has 0 aromatic rings. The molecule has 0 aliphatic heterocycles. The maximum Gasteiger partial charge on any atom is 0.209 e. The molecule has 1 saturated carbocycles. The van der Waals surface area contributed by atoms with Gasteiger partial charge in [0.05, 0.1) is 12.3 Å². The first-order valence-electron chi connectivity index (χ1n) is 7.52. The van der Waals surface area contributed by atoms with E-state index in [1.165, 1.54) is 0 Å². The van der Waals surface area contributed by atoms with Gasteiger partial charge < -0.3 is 5.11 Å². The second-order valence-corrected chi connectivity index (χ2v) is 9.50. The number of ketones is 1. The zero-order valence-corrected chi connectivity index (χ0v) is 14.5. The highest BCUT2D eigenvalue weighted by Crippen LogP contribution is 2.65. The molecular weight excluding hydrogens is 302 g/mol. The Balaban J connectivity index is 2.22. The molecule has 122 valence electrons. The van der Waals surface area contributed by atoms with Gasteiger partial charge in [-0.15, -0.1) is 0 Å². The van der Waals surface area contributed by atoms with Crippen LogP contribution in [0, 0.1) is 10.8 Å². The van der Waals surface area contributed by atoms with E-state index in [9.17, 15) is 18.3 Å². The zero-order valence-electron chi connectivity index (χ0n) is 13.6. The van der Waals surface area contributed by atoms with Crippen molar-refractivity contribution >= 4 is 15.8 Å². The Kier molecular flexibility index (Phi) is 2.96. The van der Waals surface area contributed by atoms with Crippen LogP contribution in [-0.4, -0.2) is 37.2 Å². The molecule has 1 unspecified atom stereocenters. The number of carbonyl (C=O) groups is 1. The Labute approximate surface area is 131 Å². The van der Waals surface area contributed by atoms with Gasteiger partial charge in [0.15, 0.2) is 5.78 Å². The molecule has 3 aliphatic rings. The van der Waals surface area contributed by atoms with Crippen molar-refractivity contribution in [3.63, 3.8) is 0 Å². The Morgan fingerprint density at radius 1 is 1.27 bits per heavy atom. The third kappa shape index (κ3) is 1.90. The van der Waals surface area contributed by atoms with Gasteiger partial charge in [-0.05, 0) is 32.3 Å². The van der Waals surface area contributed by atoms with E-state index in [1.807, 2.05) is 20.8 Å². The molecule has 3 rings (SSSR count). The molecule has 1 fully saturated rings. The predicted octanol–water partition coefficient (Wildman–Crippen LogP) is 1.30. The quantitative estimate of drug-likeness (QED) is 0.801. The number of Topliss-reactive ketones (excluding diaryl/α,β-unsaturated/α-hetero) is 1. The van der Waals surface area contributed by atoms with Gasteiger partial charge in [0.2, 0.25) is 10.0 Å². The highest BCUT2D eigenvalue weighted by Gasteiger charge is 2.66. The summed E-state index contributed by atoms with van der Waals surface area (Å²) >= 11 is 0. The molecule has 2 N–H and O–H groups in total. The standard InChI is InChI=1S/C16H23NO4S/c1-9-11-10(13(18)15(4,19)16(9)6-7-16)8-14(2,3)12(11)17-22(5,20)21/h8,12,17,19H,6-7H2,1-5H3/t12-,15?/m0/s1. The third-order valence-electron chi connectivity index (χ3n) is 5.66. The van der Waals surface area contributed by atoms with Gasteiger partial charge in [0, 0.05) is 16.4 Å². The molecule has 6 heteroatoms. The van der Waals surface area contributed by atoms with Crippen LogP contribution in [0.25, 0.3) is 0 Å². The number of aliphatic hydroxyl groups is 1. The van der Waals surface area contributed by atoms with Gasteiger partial charge in [-0.3, -0.25) is 4.79 Å². The summed E-state index contributed by atoms with van der Waals surface area (Å²) in [5.74, 6) is -0.281. The van der Waals surface area contributed by atoms with E-state index < -0.39 is 32.5 Å². The average Bonchev–Trinajstić information content (AvgIpc) is 3.10. The molecule has 0 aromatic carbocycles. The molecule has 0 radical (unpaired) electrons. The minimum Gasteiger partial charge on any atom is -0.381 e. The summed E-state index contributed by atoms with van der Waals surface area (Å²) in [5.41, 5.74) is -0.233. The highest BCUT2D eigenvalue weighted by molar-refractivity contribution is 7.88. The molecule has 5 nitrogen and oxygen atoms in total. The van der Waals surface area contributed by atoms with Crippen LogP contribution in [0.15, 0.2) is 22.8 Å². The molecule has 0 amide bonds. The van der Waals surface area contributed by atoms with Crippen LogP contribution in [0.4, 0.5) is 0 Å². The summed E-state index contributed by atoms with van der Waals surface area (Å²) in [6.07, 6.45) is 4.46. The normalized spacial score (nSPS) is 35.6. The van der Waals surface area contributed by atoms with E-state index in [0.717, 1.165) is 30.2 Å². The fourth-order valence-corrected chi connectivity index (χ4v) is 5.03. The van der Waals surface area contributed by atoms with Crippen LogP contribution in [0.2, 0.25) is 0 Å². The van der Waals surface area contributed by atoms with Crippen molar-refractivity contribution in [1.82, 2.24) is 4.72 Å². The van der Waals surface area contributed by atoms with Crippen molar-refractivity contribution in [3.05, 3.63) is 22.8 Å². The number of carbonyl (C=O) groups excluding carboxylic acids is 1. The first-order valence-corrected chi connectivity index (χ1v) is 9.42. The van der Waals surface area contributed by atoms with Crippen LogP contribution < -0.4 is 4.72 Å². The lowest BCUT2D eigenvalue weighted by atomic mass is 9.67. The lowest BCUT2D eigenvalue weighted by molar-refractivity contribution is -0.137. The van der Waals surface area contributed by atoms with Gasteiger partial charge in [0.1, 0.15) is 5.60 Å². The molecular formula is C16H23NO4S. The number of sulfonamides is 1. The first-order chi connectivity index (χ1) is 9.83. The minimum absolute atomic E-state index is 0.281. The van der Waals surface area contributed by atoms with Gasteiger partial charge in [0.25, 0.3) is 0 Å². The van der Waals surface area contributed by atoms with Gasteiger partial charge in [-0.1, -0.05) is 25.5 Å². The van der Waals surface area contributed by atoms with E-state index in [4.69, 9.17) is 0 Å². The predicted molar refractivity (Wildman–Crippen MR) is 83.6 cm³/mol. The molecule has 0 aromatic heterocycles. The summed E-state index contributed by atoms with van der Waals surface area (Å²) in [7, 11) is -3.41. The minimum atomic E-state index is -3.41.